The van der Waals surface area contributed by atoms with Crippen LogP contribution in [-0.4, -0.2) is 18.7 Å². The Morgan fingerprint density at radius 1 is 1.23 bits per heavy atom. The molecule has 0 amide bonds. The highest BCUT2D eigenvalue weighted by atomic mass is 19.4. The number of aliphatic hydroxyl groups is 1. The first-order chi connectivity index (χ1) is 6.04. The quantitative estimate of drug-likeness (QED) is 0.710. The molecule has 0 saturated carbocycles. The molecule has 0 unspecified atom stereocenters. The van der Waals surface area contributed by atoms with Crippen molar-refractivity contribution in [1.82, 2.24) is 0 Å². The minimum Gasteiger partial charge on any atom is -0.445 e. The maximum atomic E-state index is 12.2. The predicted octanol–water partition coefficient (Wildman–Crippen LogP) is 1.28. The maximum absolute atomic E-state index is 12.2. The third kappa shape index (κ3) is 2.77. The molecule has 0 saturated heterocycles. The molecule has 1 rings (SSSR count). The van der Waals surface area contributed by atoms with E-state index in [9.17, 15) is 12.9 Å². The van der Waals surface area contributed by atoms with Gasteiger partial charge in [0.15, 0.2) is 0 Å². The van der Waals surface area contributed by atoms with Crippen LogP contribution < -0.4 is 5.46 Å². The molecule has 0 atom stereocenters. The highest BCUT2D eigenvalue weighted by Gasteiger charge is 2.25. The first kappa shape index (κ1) is 10.1. The molecule has 13 heavy (non-hydrogen) atoms. The second-order valence-corrected chi connectivity index (χ2v) is 2.79. The zero-order valence-corrected chi connectivity index (χ0v) is 6.88. The van der Waals surface area contributed by atoms with Crippen LogP contribution in [0.25, 0.3) is 0 Å². The van der Waals surface area contributed by atoms with Gasteiger partial charge in [-0.2, -0.15) is 0 Å². The van der Waals surface area contributed by atoms with Gasteiger partial charge < -0.3 is 18.1 Å². The van der Waals surface area contributed by atoms with Gasteiger partial charge in [-0.05, 0) is 12.0 Å². The van der Waals surface area contributed by atoms with Crippen LogP contribution in [0.15, 0.2) is 24.3 Å². The summed E-state index contributed by atoms with van der Waals surface area (Å²) in [4.78, 5) is 0. The van der Waals surface area contributed by atoms with Crippen LogP contribution in [0.1, 0.15) is 5.56 Å². The predicted molar refractivity (Wildman–Crippen MR) is 45.9 cm³/mol. The van der Waals surface area contributed by atoms with Gasteiger partial charge in [-0.3, -0.25) is 0 Å². The normalized spacial score (nSPS) is 11.7. The van der Waals surface area contributed by atoms with E-state index in [-0.39, 0.29) is 13.0 Å². The molecule has 0 aliphatic heterocycles. The number of halogens is 3. The average molecular weight is 189 g/mol. The van der Waals surface area contributed by atoms with Crippen LogP contribution in [0, 0.1) is 0 Å². The lowest BCUT2D eigenvalue weighted by Crippen LogP contribution is -2.34. The van der Waals surface area contributed by atoms with E-state index < -0.39 is 12.4 Å². The van der Waals surface area contributed by atoms with E-state index in [1.54, 1.807) is 6.07 Å². The van der Waals surface area contributed by atoms with E-state index in [1.165, 1.54) is 6.07 Å². The van der Waals surface area contributed by atoms with Crippen molar-refractivity contribution in [3.8, 4) is 0 Å². The minimum atomic E-state index is -4.92. The number of benzene rings is 1. The molecule has 1 aromatic carbocycles. The van der Waals surface area contributed by atoms with E-state index in [0.717, 1.165) is 12.1 Å². The van der Waals surface area contributed by atoms with Crippen molar-refractivity contribution in [3.63, 3.8) is 0 Å². The minimum absolute atomic E-state index is 0.131. The lowest BCUT2D eigenvalue weighted by atomic mass is 9.79. The lowest BCUT2D eigenvalue weighted by Gasteiger charge is -2.15. The van der Waals surface area contributed by atoms with Gasteiger partial charge in [-0.1, -0.05) is 24.3 Å². The van der Waals surface area contributed by atoms with E-state index in [4.69, 9.17) is 5.11 Å². The van der Waals surface area contributed by atoms with Crippen molar-refractivity contribution in [2.24, 2.45) is 0 Å². The SMILES string of the molecule is OCCc1cccc([B-](F)(F)F)c1. The Labute approximate surface area is 74.3 Å². The van der Waals surface area contributed by atoms with Crippen molar-refractivity contribution in [3.05, 3.63) is 29.8 Å². The highest BCUT2D eigenvalue weighted by Crippen LogP contribution is 2.10. The topological polar surface area (TPSA) is 20.2 Å². The van der Waals surface area contributed by atoms with E-state index >= 15 is 0 Å². The molecule has 0 fully saturated rings. The second-order valence-electron chi connectivity index (χ2n) is 2.79. The van der Waals surface area contributed by atoms with E-state index in [0.29, 0.717) is 5.56 Å². The van der Waals surface area contributed by atoms with E-state index in [2.05, 4.69) is 0 Å². The van der Waals surface area contributed by atoms with Crippen LogP contribution in [0.2, 0.25) is 0 Å². The second kappa shape index (κ2) is 3.83. The summed E-state index contributed by atoms with van der Waals surface area (Å²) in [5.41, 5.74) is -0.0925. The fourth-order valence-corrected chi connectivity index (χ4v) is 1.08. The fraction of sp³-hybridized carbons (Fsp3) is 0.250. The smallest absolute Gasteiger partial charge is 0.445 e. The van der Waals surface area contributed by atoms with Crippen molar-refractivity contribution < 1.29 is 18.1 Å². The molecular formula is C8H9BF3O-. The molecule has 1 aromatic rings. The number of rotatable bonds is 3. The lowest BCUT2D eigenvalue weighted by molar-refractivity contribution is 0.299. The number of hydrogen-bond acceptors (Lipinski definition) is 1. The largest absolute Gasteiger partial charge is 0.509 e. The first-order valence-electron chi connectivity index (χ1n) is 3.93. The summed E-state index contributed by atoms with van der Waals surface area (Å²) < 4.78 is 36.6. The molecule has 0 aliphatic rings. The van der Waals surface area contributed by atoms with Crippen LogP contribution in [0.4, 0.5) is 12.9 Å². The molecule has 0 aromatic heterocycles. The first-order valence-corrected chi connectivity index (χ1v) is 3.93. The molecule has 1 nitrogen and oxygen atoms in total. The standard InChI is InChI=1S/C8H9BF3O/c10-9(11,12)8-3-1-2-7(6-8)4-5-13/h1-3,6,13H,4-5H2/q-1. The molecule has 72 valence electrons. The Morgan fingerprint density at radius 2 is 1.92 bits per heavy atom. The number of hydrogen-bond donors (Lipinski definition) is 1. The summed E-state index contributed by atoms with van der Waals surface area (Å²) in [7, 11) is 0. The zero-order chi connectivity index (χ0) is 9.90. The summed E-state index contributed by atoms with van der Waals surface area (Å²) in [6, 6.07) is 5.05. The van der Waals surface area contributed by atoms with Crippen molar-refractivity contribution in [2.75, 3.05) is 6.61 Å². The highest BCUT2D eigenvalue weighted by molar-refractivity contribution is 6.73. The van der Waals surface area contributed by atoms with Gasteiger partial charge in [0, 0.05) is 6.61 Å². The van der Waals surface area contributed by atoms with Crippen LogP contribution in [0.3, 0.4) is 0 Å². The van der Waals surface area contributed by atoms with Gasteiger partial charge in [-0.15, -0.1) is 5.46 Å². The Morgan fingerprint density at radius 3 is 2.46 bits per heavy atom. The molecule has 0 heterocycles. The van der Waals surface area contributed by atoms with Crippen molar-refractivity contribution in [2.45, 2.75) is 6.42 Å². The van der Waals surface area contributed by atoms with Gasteiger partial charge in [-0.25, -0.2) is 0 Å². The molecular weight excluding hydrogens is 180 g/mol. The summed E-state index contributed by atoms with van der Waals surface area (Å²) in [5.74, 6) is 0. The average Bonchev–Trinajstić information content (AvgIpc) is 2.04. The molecule has 1 N–H and O–H groups in total. The Hall–Kier alpha value is -0.965. The van der Waals surface area contributed by atoms with Crippen molar-refractivity contribution in [1.29, 1.82) is 0 Å². The maximum Gasteiger partial charge on any atom is 0.509 e. The monoisotopic (exact) mass is 189 g/mol. The third-order valence-corrected chi connectivity index (χ3v) is 1.73. The van der Waals surface area contributed by atoms with Gasteiger partial charge >= 0.3 is 6.98 Å². The van der Waals surface area contributed by atoms with Crippen LogP contribution in [-0.2, 0) is 6.42 Å². The van der Waals surface area contributed by atoms with E-state index in [1.807, 2.05) is 0 Å². The van der Waals surface area contributed by atoms with Crippen molar-refractivity contribution >= 4 is 12.4 Å². The Balaban J connectivity index is 2.92. The summed E-state index contributed by atoms with van der Waals surface area (Å²) >= 11 is 0. The van der Waals surface area contributed by atoms with Crippen LogP contribution >= 0.6 is 0 Å². The van der Waals surface area contributed by atoms with Gasteiger partial charge in [0.05, 0.1) is 0 Å². The molecule has 0 radical (unpaired) electrons. The molecule has 0 aliphatic carbocycles. The Kier molecular flexibility index (Phi) is 2.98. The van der Waals surface area contributed by atoms with Gasteiger partial charge in [0.1, 0.15) is 0 Å². The summed E-state index contributed by atoms with van der Waals surface area (Å²) in [5, 5.41) is 8.54. The summed E-state index contributed by atoms with van der Waals surface area (Å²) in [6.45, 7) is -5.05. The fourth-order valence-electron chi connectivity index (χ4n) is 1.08. The number of aliphatic hydroxyl groups excluding tert-OH is 1. The third-order valence-electron chi connectivity index (χ3n) is 1.73. The van der Waals surface area contributed by atoms with Gasteiger partial charge in [0.2, 0.25) is 0 Å². The molecule has 5 heteroatoms. The molecule has 0 spiro atoms. The van der Waals surface area contributed by atoms with Gasteiger partial charge in [0.25, 0.3) is 0 Å². The Bertz CT molecular complexity index is 285. The molecule has 0 bridgehead atoms. The summed E-state index contributed by atoms with van der Waals surface area (Å²) in [6.07, 6.45) is 0.264. The zero-order valence-electron chi connectivity index (χ0n) is 6.88. The van der Waals surface area contributed by atoms with Crippen LogP contribution in [0.5, 0.6) is 0 Å².